The maximum atomic E-state index is 13.4. The number of nitrogens with one attached hydrogen (secondary N) is 1. The van der Waals surface area contributed by atoms with Gasteiger partial charge in [0.15, 0.2) is 0 Å². The molecule has 1 aliphatic heterocycles. The Labute approximate surface area is 174 Å². The van der Waals surface area contributed by atoms with Gasteiger partial charge in [0.25, 0.3) is 11.8 Å². The van der Waals surface area contributed by atoms with E-state index in [-0.39, 0.29) is 29.7 Å². The van der Waals surface area contributed by atoms with Crippen LogP contribution in [0.5, 0.6) is 5.75 Å². The summed E-state index contributed by atoms with van der Waals surface area (Å²) in [7, 11) is -3.95. The molecule has 0 aliphatic carbocycles. The molecule has 2 aromatic carbocycles. The van der Waals surface area contributed by atoms with Crippen LogP contribution in [-0.2, 0) is 10.0 Å². The Morgan fingerprint density at radius 2 is 1.73 bits per heavy atom. The molecule has 9 heteroatoms. The Hall–Kier alpha value is -2.52. The summed E-state index contributed by atoms with van der Waals surface area (Å²) >= 11 is 0. The lowest BCUT2D eigenvalue weighted by atomic mass is 10.1. The van der Waals surface area contributed by atoms with Crippen molar-refractivity contribution < 1.29 is 26.7 Å². The Kier molecular flexibility index (Phi) is 6.42. The van der Waals surface area contributed by atoms with E-state index in [1.54, 1.807) is 24.3 Å². The van der Waals surface area contributed by atoms with Gasteiger partial charge in [-0.2, -0.15) is 4.31 Å². The molecule has 162 valence electrons. The summed E-state index contributed by atoms with van der Waals surface area (Å²) in [6.45, 7) is 3.31. The van der Waals surface area contributed by atoms with Gasteiger partial charge >= 0.3 is 0 Å². The molecule has 1 fully saturated rings. The van der Waals surface area contributed by atoms with Gasteiger partial charge in [-0.1, -0.05) is 6.07 Å². The SMILES string of the molecule is CC(C)Oc1ccc(NC(=O)c2cccc(S(=O)(=O)N3CCC(F)(F)CC3)c2)cc1. The molecule has 1 N–H and O–H groups in total. The van der Waals surface area contributed by atoms with E-state index >= 15 is 0 Å². The zero-order chi connectivity index (χ0) is 21.9. The number of halogens is 2. The first kappa shape index (κ1) is 22.2. The average molecular weight is 438 g/mol. The monoisotopic (exact) mass is 438 g/mol. The van der Waals surface area contributed by atoms with Crippen LogP contribution in [0.2, 0.25) is 0 Å². The Balaban J connectivity index is 1.72. The van der Waals surface area contributed by atoms with Crippen molar-refractivity contribution in [3.63, 3.8) is 0 Å². The van der Waals surface area contributed by atoms with E-state index in [9.17, 15) is 22.0 Å². The highest BCUT2D eigenvalue weighted by Gasteiger charge is 2.38. The lowest BCUT2D eigenvalue weighted by Gasteiger charge is -2.30. The minimum absolute atomic E-state index is 0.0289. The zero-order valence-electron chi connectivity index (χ0n) is 16.8. The van der Waals surface area contributed by atoms with Crippen LogP contribution < -0.4 is 10.1 Å². The highest BCUT2D eigenvalue weighted by atomic mass is 32.2. The molecule has 0 radical (unpaired) electrons. The fourth-order valence-electron chi connectivity index (χ4n) is 3.09. The van der Waals surface area contributed by atoms with E-state index in [0.29, 0.717) is 11.4 Å². The van der Waals surface area contributed by atoms with Gasteiger partial charge in [-0.3, -0.25) is 4.79 Å². The average Bonchev–Trinajstić information content (AvgIpc) is 2.69. The lowest BCUT2D eigenvalue weighted by Crippen LogP contribution is -2.42. The largest absolute Gasteiger partial charge is 0.491 e. The number of carbonyl (C=O) groups is 1. The molecule has 1 amide bonds. The number of piperidine rings is 1. The Morgan fingerprint density at radius 1 is 1.10 bits per heavy atom. The summed E-state index contributed by atoms with van der Waals surface area (Å²) in [6, 6.07) is 12.4. The van der Waals surface area contributed by atoms with Crippen molar-refractivity contribution in [3.8, 4) is 5.75 Å². The van der Waals surface area contributed by atoms with Crippen molar-refractivity contribution in [2.24, 2.45) is 0 Å². The molecule has 6 nitrogen and oxygen atoms in total. The van der Waals surface area contributed by atoms with Crippen LogP contribution in [-0.4, -0.2) is 43.7 Å². The molecule has 0 bridgehead atoms. The smallest absolute Gasteiger partial charge is 0.255 e. The third-order valence-corrected chi connectivity index (χ3v) is 6.57. The summed E-state index contributed by atoms with van der Waals surface area (Å²) in [5, 5.41) is 2.71. The number of benzene rings is 2. The second-order valence-electron chi connectivity index (χ2n) is 7.43. The van der Waals surface area contributed by atoms with Gasteiger partial charge in [0.05, 0.1) is 11.0 Å². The van der Waals surface area contributed by atoms with Crippen LogP contribution >= 0.6 is 0 Å². The molecular formula is C21H24F2N2O4S. The van der Waals surface area contributed by atoms with E-state index in [1.165, 1.54) is 24.3 Å². The van der Waals surface area contributed by atoms with Gasteiger partial charge in [0.1, 0.15) is 5.75 Å². The maximum absolute atomic E-state index is 13.4. The summed E-state index contributed by atoms with van der Waals surface area (Å²) in [6.07, 6.45) is -0.993. The van der Waals surface area contributed by atoms with Gasteiger partial charge in [-0.25, -0.2) is 17.2 Å². The molecule has 0 saturated carbocycles. The van der Waals surface area contributed by atoms with E-state index < -0.39 is 34.7 Å². The van der Waals surface area contributed by atoms with Gasteiger partial charge in [0.2, 0.25) is 10.0 Å². The second-order valence-corrected chi connectivity index (χ2v) is 9.37. The highest BCUT2D eigenvalue weighted by molar-refractivity contribution is 7.89. The summed E-state index contributed by atoms with van der Waals surface area (Å²) in [5.41, 5.74) is 0.684. The van der Waals surface area contributed by atoms with Crippen molar-refractivity contribution in [1.29, 1.82) is 0 Å². The Bertz CT molecular complexity index is 998. The maximum Gasteiger partial charge on any atom is 0.255 e. The molecule has 0 spiro atoms. The second kappa shape index (κ2) is 8.69. The lowest BCUT2D eigenvalue weighted by molar-refractivity contribution is -0.0412. The van der Waals surface area contributed by atoms with Crippen LogP contribution in [0.3, 0.4) is 0 Å². The zero-order valence-corrected chi connectivity index (χ0v) is 17.6. The minimum atomic E-state index is -3.95. The van der Waals surface area contributed by atoms with E-state index in [2.05, 4.69) is 5.32 Å². The molecule has 1 saturated heterocycles. The third kappa shape index (κ3) is 5.34. The number of amides is 1. The summed E-state index contributed by atoms with van der Waals surface area (Å²) in [5.74, 6) is -2.65. The van der Waals surface area contributed by atoms with Crippen molar-refractivity contribution in [3.05, 3.63) is 54.1 Å². The quantitative estimate of drug-likeness (QED) is 0.735. The number of rotatable bonds is 6. The molecule has 1 heterocycles. The van der Waals surface area contributed by atoms with Gasteiger partial charge in [0, 0.05) is 37.2 Å². The van der Waals surface area contributed by atoms with Crippen LogP contribution in [0, 0.1) is 0 Å². The normalized spacial score (nSPS) is 17.0. The van der Waals surface area contributed by atoms with Crippen LogP contribution in [0.15, 0.2) is 53.4 Å². The topological polar surface area (TPSA) is 75.7 Å². The molecule has 0 unspecified atom stereocenters. The predicted octanol–water partition coefficient (Wildman–Crippen LogP) is 4.15. The van der Waals surface area contributed by atoms with E-state index in [1.807, 2.05) is 13.8 Å². The third-order valence-electron chi connectivity index (χ3n) is 4.67. The molecule has 3 rings (SSSR count). The molecule has 30 heavy (non-hydrogen) atoms. The van der Waals surface area contributed by atoms with Crippen molar-refractivity contribution in [1.82, 2.24) is 4.31 Å². The number of nitrogens with zero attached hydrogens (tertiary/aromatic N) is 1. The van der Waals surface area contributed by atoms with Crippen molar-refractivity contribution in [2.75, 3.05) is 18.4 Å². The molecule has 2 aromatic rings. The standard InChI is InChI=1S/C21H24F2N2O4S/c1-15(2)29-18-8-6-17(7-9-18)24-20(26)16-4-3-5-19(14-16)30(27,28)25-12-10-21(22,23)11-13-25/h3-9,14-15H,10-13H2,1-2H3,(H,24,26). The number of carbonyl (C=O) groups excluding carboxylic acids is 1. The summed E-state index contributed by atoms with van der Waals surface area (Å²) < 4.78 is 58.9. The fraction of sp³-hybridized carbons (Fsp3) is 0.381. The number of alkyl halides is 2. The van der Waals surface area contributed by atoms with Crippen LogP contribution in [0.4, 0.5) is 14.5 Å². The summed E-state index contributed by atoms with van der Waals surface area (Å²) in [4.78, 5) is 12.5. The number of sulfonamides is 1. The first-order valence-electron chi connectivity index (χ1n) is 9.63. The number of hydrogen-bond donors (Lipinski definition) is 1. The molecule has 1 aliphatic rings. The minimum Gasteiger partial charge on any atom is -0.491 e. The fourth-order valence-corrected chi connectivity index (χ4v) is 4.58. The predicted molar refractivity (Wildman–Crippen MR) is 110 cm³/mol. The number of anilines is 1. The van der Waals surface area contributed by atoms with Crippen molar-refractivity contribution in [2.45, 2.75) is 43.6 Å². The Morgan fingerprint density at radius 3 is 2.33 bits per heavy atom. The number of hydrogen-bond acceptors (Lipinski definition) is 4. The van der Waals surface area contributed by atoms with Crippen molar-refractivity contribution >= 4 is 21.6 Å². The molecule has 0 aromatic heterocycles. The first-order valence-corrected chi connectivity index (χ1v) is 11.1. The highest BCUT2D eigenvalue weighted by Crippen LogP contribution is 2.31. The molecular weight excluding hydrogens is 414 g/mol. The molecule has 0 atom stereocenters. The van der Waals surface area contributed by atoms with Gasteiger partial charge < -0.3 is 10.1 Å². The van der Waals surface area contributed by atoms with Gasteiger partial charge in [-0.15, -0.1) is 0 Å². The van der Waals surface area contributed by atoms with Gasteiger partial charge in [-0.05, 0) is 56.3 Å². The first-order chi connectivity index (χ1) is 14.1. The van der Waals surface area contributed by atoms with Crippen LogP contribution in [0.1, 0.15) is 37.0 Å². The van der Waals surface area contributed by atoms with Crippen LogP contribution in [0.25, 0.3) is 0 Å². The number of ether oxygens (including phenoxy) is 1. The van der Waals surface area contributed by atoms with E-state index in [4.69, 9.17) is 4.74 Å². The van der Waals surface area contributed by atoms with E-state index in [0.717, 1.165) is 4.31 Å².